The van der Waals surface area contributed by atoms with Crippen molar-refractivity contribution < 1.29 is 44.7 Å². The molecule has 2 heterocycles. The number of benzene rings is 2. The molecule has 3 aromatic rings. The van der Waals surface area contributed by atoms with Gasteiger partial charge in [-0.25, -0.2) is 26.9 Å². The summed E-state index contributed by atoms with van der Waals surface area (Å²) in [7, 11) is -4.84. The molecule has 0 radical (unpaired) electrons. The molecule has 15 heteroatoms. The molecule has 1 aliphatic rings. The van der Waals surface area contributed by atoms with Crippen molar-refractivity contribution in [2.75, 3.05) is 6.61 Å². The number of alkyl halides is 3. The van der Waals surface area contributed by atoms with E-state index >= 15 is 0 Å². The fourth-order valence-electron chi connectivity index (χ4n) is 4.17. The highest BCUT2D eigenvalue weighted by Gasteiger charge is 2.53. The number of halogens is 6. The van der Waals surface area contributed by atoms with Gasteiger partial charge in [-0.05, 0) is 41.8 Å². The predicted octanol–water partition coefficient (Wildman–Crippen LogP) is 5.26. The molecule has 0 unspecified atom stereocenters. The Morgan fingerprint density at radius 2 is 1.74 bits per heavy atom. The van der Waals surface area contributed by atoms with Crippen LogP contribution < -0.4 is 4.72 Å². The normalized spacial score (nSPS) is 17.6. The molecule has 39 heavy (non-hydrogen) atoms. The largest absolute Gasteiger partial charge is 0.447 e. The Morgan fingerprint density at radius 3 is 2.31 bits per heavy atom. The lowest BCUT2D eigenvalue weighted by Gasteiger charge is -2.32. The lowest BCUT2D eigenvalue weighted by Crippen LogP contribution is -2.56. The van der Waals surface area contributed by atoms with E-state index in [4.69, 9.17) is 16.3 Å². The second-order valence-corrected chi connectivity index (χ2v) is 12.2. The van der Waals surface area contributed by atoms with Crippen LogP contribution in [0.25, 0.3) is 0 Å². The van der Waals surface area contributed by atoms with Gasteiger partial charge >= 0.3 is 12.3 Å². The van der Waals surface area contributed by atoms with Crippen molar-refractivity contribution >= 4 is 45.0 Å². The summed E-state index contributed by atoms with van der Waals surface area (Å²) >= 11 is 6.28. The molecule has 0 saturated carbocycles. The van der Waals surface area contributed by atoms with E-state index < -0.39 is 67.6 Å². The van der Waals surface area contributed by atoms with E-state index in [1.165, 1.54) is 6.07 Å². The first-order chi connectivity index (χ1) is 18.3. The number of sulfonamides is 1. The SMILES string of the molecule is O=C1OC[C@H](Cc2ccccc2)N1C(=O)[C@@H](NS(=O)(=O)c1ccc(Cl)s1)[C@@H](c1cc(F)cc(F)c1)C(F)(F)F. The molecular formula is C24H18ClF5N2O5S2. The van der Waals surface area contributed by atoms with Crippen molar-refractivity contribution in [3.05, 3.63) is 87.8 Å². The van der Waals surface area contributed by atoms with Gasteiger partial charge in [0, 0.05) is 6.07 Å². The molecular weight excluding hydrogens is 591 g/mol. The molecule has 0 aliphatic carbocycles. The number of nitrogens with zero attached hydrogens (tertiary/aromatic N) is 1. The predicted molar refractivity (Wildman–Crippen MR) is 131 cm³/mol. The Bertz CT molecular complexity index is 1460. The van der Waals surface area contributed by atoms with Crippen molar-refractivity contribution in [3.8, 4) is 0 Å². The standard InChI is InChI=1S/C24H18ClF5N2O5S2/c25-18-6-7-19(38-18)39(35,36)31-21(20(24(28,29)30)14-9-15(26)11-16(27)10-14)22(33)32-17(12-37-23(32)34)8-13-4-2-1-3-5-13/h1-7,9-11,17,20-21,31H,8,12H2/t17-,20+,21-/m0/s1. The Morgan fingerprint density at radius 1 is 1.10 bits per heavy atom. The van der Waals surface area contributed by atoms with Gasteiger partial charge in [-0.2, -0.15) is 17.9 Å². The Hall–Kier alpha value is -3.07. The van der Waals surface area contributed by atoms with Crippen LogP contribution >= 0.6 is 22.9 Å². The topological polar surface area (TPSA) is 92.8 Å². The summed E-state index contributed by atoms with van der Waals surface area (Å²) in [5, 5.41) is 0. The van der Waals surface area contributed by atoms with Crippen molar-refractivity contribution in [1.82, 2.24) is 9.62 Å². The first kappa shape index (κ1) is 28.9. The van der Waals surface area contributed by atoms with Crippen LogP contribution in [0.3, 0.4) is 0 Å². The van der Waals surface area contributed by atoms with Gasteiger partial charge in [-0.3, -0.25) is 4.79 Å². The summed E-state index contributed by atoms with van der Waals surface area (Å²) in [5.41, 5.74) is -0.457. The van der Waals surface area contributed by atoms with Crippen LogP contribution in [0.5, 0.6) is 0 Å². The van der Waals surface area contributed by atoms with Gasteiger partial charge in [0.15, 0.2) is 0 Å². The second kappa shape index (κ2) is 11.2. The first-order valence-corrected chi connectivity index (χ1v) is 13.8. The zero-order valence-corrected chi connectivity index (χ0v) is 21.9. The minimum absolute atomic E-state index is 0.0103. The third-order valence-corrected chi connectivity index (χ3v) is 8.97. The molecule has 4 rings (SSSR count). The van der Waals surface area contributed by atoms with E-state index in [-0.39, 0.29) is 17.4 Å². The molecule has 1 aromatic heterocycles. The third kappa shape index (κ3) is 6.57. The van der Waals surface area contributed by atoms with E-state index in [9.17, 15) is 40.0 Å². The highest BCUT2D eigenvalue weighted by molar-refractivity contribution is 7.91. The molecule has 3 atom stereocenters. The summed E-state index contributed by atoms with van der Waals surface area (Å²) < 4.78 is 104. The number of imide groups is 1. The van der Waals surface area contributed by atoms with Crippen LogP contribution in [0.1, 0.15) is 17.0 Å². The Balaban J connectivity index is 1.81. The van der Waals surface area contributed by atoms with Gasteiger partial charge in [-0.15, -0.1) is 11.3 Å². The van der Waals surface area contributed by atoms with E-state index in [0.29, 0.717) is 40.0 Å². The molecule has 1 N–H and O–H groups in total. The summed E-state index contributed by atoms with van der Waals surface area (Å²) in [4.78, 5) is 26.7. The monoisotopic (exact) mass is 608 g/mol. The van der Waals surface area contributed by atoms with Crippen LogP contribution in [0.4, 0.5) is 26.7 Å². The van der Waals surface area contributed by atoms with Gasteiger partial charge in [0.2, 0.25) is 0 Å². The first-order valence-electron chi connectivity index (χ1n) is 11.1. The quantitative estimate of drug-likeness (QED) is 0.352. The van der Waals surface area contributed by atoms with E-state index in [0.717, 1.165) is 6.07 Å². The molecule has 2 aromatic carbocycles. The lowest BCUT2D eigenvalue weighted by molar-refractivity contribution is -0.164. The average molecular weight is 609 g/mol. The van der Waals surface area contributed by atoms with Crippen LogP contribution in [0, 0.1) is 11.6 Å². The number of amides is 2. The van der Waals surface area contributed by atoms with E-state index in [1.807, 2.05) is 0 Å². The maximum Gasteiger partial charge on any atom is 0.417 e. The molecule has 0 bridgehead atoms. The molecule has 1 aliphatic heterocycles. The second-order valence-electron chi connectivity index (χ2n) is 8.51. The molecule has 7 nitrogen and oxygen atoms in total. The summed E-state index contributed by atoms with van der Waals surface area (Å²) in [5.74, 6) is -7.48. The van der Waals surface area contributed by atoms with Gasteiger partial charge in [-0.1, -0.05) is 41.9 Å². The number of cyclic esters (lactones) is 1. The van der Waals surface area contributed by atoms with Crippen LogP contribution in [-0.2, 0) is 26.0 Å². The van der Waals surface area contributed by atoms with Gasteiger partial charge < -0.3 is 4.74 Å². The number of rotatable bonds is 8. The number of hydrogen-bond donors (Lipinski definition) is 1. The smallest absolute Gasteiger partial charge is 0.417 e. The van der Waals surface area contributed by atoms with Crippen molar-refractivity contribution in [2.45, 2.75) is 34.8 Å². The maximum atomic E-state index is 14.5. The van der Waals surface area contributed by atoms with Gasteiger partial charge in [0.25, 0.3) is 15.9 Å². The van der Waals surface area contributed by atoms with Crippen molar-refractivity contribution in [3.63, 3.8) is 0 Å². The van der Waals surface area contributed by atoms with Gasteiger partial charge in [0.05, 0.1) is 10.4 Å². The lowest BCUT2D eigenvalue weighted by atomic mass is 9.89. The zero-order valence-electron chi connectivity index (χ0n) is 19.5. The van der Waals surface area contributed by atoms with E-state index in [2.05, 4.69) is 0 Å². The van der Waals surface area contributed by atoms with E-state index in [1.54, 1.807) is 35.1 Å². The van der Waals surface area contributed by atoms with Gasteiger partial charge in [0.1, 0.15) is 34.4 Å². The third-order valence-electron chi connectivity index (χ3n) is 5.80. The van der Waals surface area contributed by atoms with Crippen LogP contribution in [0.15, 0.2) is 64.9 Å². The molecule has 2 amide bonds. The van der Waals surface area contributed by atoms with Crippen molar-refractivity contribution in [2.24, 2.45) is 0 Å². The van der Waals surface area contributed by atoms with Crippen molar-refractivity contribution in [1.29, 1.82) is 0 Å². The number of carbonyl (C=O) groups is 2. The average Bonchev–Trinajstić information content (AvgIpc) is 3.43. The highest BCUT2D eigenvalue weighted by Crippen LogP contribution is 2.40. The molecule has 208 valence electrons. The number of nitrogens with one attached hydrogen (secondary N) is 1. The number of hydrogen-bond acceptors (Lipinski definition) is 6. The Labute approximate surface area is 228 Å². The summed E-state index contributed by atoms with van der Waals surface area (Å²) in [6.07, 6.45) is -6.71. The fraction of sp³-hybridized carbons (Fsp3) is 0.250. The Kier molecular flexibility index (Phi) is 8.30. The molecule has 1 saturated heterocycles. The minimum Gasteiger partial charge on any atom is -0.447 e. The zero-order chi connectivity index (χ0) is 28.5. The van der Waals surface area contributed by atoms with Crippen LogP contribution in [0.2, 0.25) is 4.34 Å². The molecule has 1 fully saturated rings. The molecule has 0 spiro atoms. The van der Waals surface area contributed by atoms with Crippen LogP contribution in [-0.4, -0.2) is 50.2 Å². The maximum absolute atomic E-state index is 14.5. The number of ether oxygens (including phenoxy) is 1. The minimum atomic E-state index is -5.41. The fourth-order valence-corrected chi connectivity index (χ4v) is 6.87. The number of thiophene rings is 1. The highest BCUT2D eigenvalue weighted by atomic mass is 35.5. The summed E-state index contributed by atoms with van der Waals surface area (Å²) in [6.45, 7) is -0.370. The number of carbonyl (C=O) groups excluding carboxylic acids is 2. The summed E-state index contributed by atoms with van der Waals surface area (Å²) in [6, 6.07) is 7.67.